The number of carbonyl (C=O) groups is 1. The Balaban J connectivity index is 1.48. The van der Waals surface area contributed by atoms with Crippen LogP contribution in [-0.4, -0.2) is 32.0 Å². The van der Waals surface area contributed by atoms with Crippen LogP contribution in [0.4, 0.5) is 8.78 Å². The Morgan fingerprint density at radius 3 is 2.53 bits per heavy atom. The highest BCUT2D eigenvalue weighted by molar-refractivity contribution is 5.88. The van der Waals surface area contributed by atoms with E-state index in [1.165, 1.54) is 12.1 Å². The van der Waals surface area contributed by atoms with E-state index in [1.54, 1.807) is 16.8 Å². The van der Waals surface area contributed by atoms with Crippen molar-refractivity contribution in [3.8, 4) is 11.4 Å². The largest absolute Gasteiger partial charge is 0.493 e. The first-order valence-corrected chi connectivity index (χ1v) is 11.0. The average molecular weight is 468 g/mol. The van der Waals surface area contributed by atoms with E-state index in [9.17, 15) is 13.6 Å². The van der Waals surface area contributed by atoms with Gasteiger partial charge in [-0.05, 0) is 42.3 Å². The number of benzene rings is 2. The van der Waals surface area contributed by atoms with Crippen molar-refractivity contribution in [3.63, 3.8) is 0 Å². The summed E-state index contributed by atoms with van der Waals surface area (Å²) in [4.78, 5) is 11.1. The molecule has 0 amide bonds. The number of aromatic nitrogens is 3. The van der Waals surface area contributed by atoms with E-state index in [4.69, 9.17) is 9.84 Å². The zero-order chi connectivity index (χ0) is 24.6. The molecule has 2 aromatic carbocycles. The van der Waals surface area contributed by atoms with Gasteiger partial charge < -0.3 is 14.4 Å². The Kier molecular flexibility index (Phi) is 6.17. The summed E-state index contributed by atoms with van der Waals surface area (Å²) >= 11 is 0. The molecule has 6 nitrogen and oxygen atoms in total. The van der Waals surface area contributed by atoms with Gasteiger partial charge in [-0.25, -0.2) is 13.5 Å². The van der Waals surface area contributed by atoms with Gasteiger partial charge in [-0.1, -0.05) is 19.1 Å². The van der Waals surface area contributed by atoms with Gasteiger partial charge in [0.2, 0.25) is 0 Å². The SMILES string of the molecule is Cc1nn(-c2ccc(C(C)(F)F)cc2)cc1C(C)COc1ccc2c(CC(=O)O)cn(C)c2c1. The lowest BCUT2D eigenvalue weighted by Crippen LogP contribution is -2.07. The van der Waals surface area contributed by atoms with Gasteiger partial charge in [-0.2, -0.15) is 5.10 Å². The van der Waals surface area contributed by atoms with Crippen molar-refractivity contribution in [3.05, 3.63) is 77.2 Å². The molecule has 4 aromatic rings. The number of rotatable bonds is 8. The highest BCUT2D eigenvalue weighted by atomic mass is 19.3. The van der Waals surface area contributed by atoms with Crippen molar-refractivity contribution in [2.75, 3.05) is 6.61 Å². The van der Waals surface area contributed by atoms with Crippen LogP contribution in [-0.2, 0) is 24.2 Å². The van der Waals surface area contributed by atoms with Crippen LogP contribution in [0.15, 0.2) is 54.9 Å². The summed E-state index contributed by atoms with van der Waals surface area (Å²) in [6.45, 7) is 5.26. The number of aryl methyl sites for hydroxylation is 2. The normalized spacial score (nSPS) is 12.8. The number of hydrogen-bond acceptors (Lipinski definition) is 3. The van der Waals surface area contributed by atoms with Crippen molar-refractivity contribution in [2.24, 2.45) is 7.05 Å². The molecule has 0 spiro atoms. The molecule has 4 rings (SSSR count). The van der Waals surface area contributed by atoms with Gasteiger partial charge in [0.25, 0.3) is 5.92 Å². The van der Waals surface area contributed by atoms with Gasteiger partial charge in [0, 0.05) is 49.3 Å². The number of carboxylic acid groups (broad SMARTS) is 1. The molecular weight excluding hydrogens is 440 g/mol. The van der Waals surface area contributed by atoms with Crippen LogP contribution in [0.3, 0.4) is 0 Å². The summed E-state index contributed by atoms with van der Waals surface area (Å²) in [5, 5.41) is 14.6. The highest BCUT2D eigenvalue weighted by Gasteiger charge is 2.24. The van der Waals surface area contributed by atoms with Crippen LogP contribution in [0.5, 0.6) is 5.75 Å². The quantitative estimate of drug-likeness (QED) is 0.367. The number of carboxylic acids is 1. The predicted octanol–water partition coefficient (Wildman–Crippen LogP) is 5.59. The Labute approximate surface area is 196 Å². The van der Waals surface area contributed by atoms with Crippen LogP contribution in [0.2, 0.25) is 0 Å². The molecule has 1 N–H and O–H groups in total. The zero-order valence-corrected chi connectivity index (χ0v) is 19.5. The van der Waals surface area contributed by atoms with Gasteiger partial charge in [0.05, 0.1) is 29.9 Å². The number of fused-ring (bicyclic) bond motifs is 1. The van der Waals surface area contributed by atoms with E-state index < -0.39 is 11.9 Å². The second-order valence-electron chi connectivity index (χ2n) is 8.78. The number of aliphatic carboxylic acids is 1. The molecule has 0 saturated carbocycles. The van der Waals surface area contributed by atoms with Crippen molar-refractivity contribution in [1.29, 1.82) is 0 Å². The minimum Gasteiger partial charge on any atom is -0.493 e. The summed E-state index contributed by atoms with van der Waals surface area (Å²) in [6.07, 6.45) is 3.71. The minimum atomic E-state index is -2.88. The van der Waals surface area contributed by atoms with E-state index in [1.807, 2.05) is 56.1 Å². The predicted molar refractivity (Wildman–Crippen MR) is 126 cm³/mol. The third-order valence-corrected chi connectivity index (χ3v) is 5.99. The molecule has 0 aliphatic rings. The number of hydrogen-bond donors (Lipinski definition) is 1. The first kappa shape index (κ1) is 23.5. The summed E-state index contributed by atoms with van der Waals surface area (Å²) < 4.78 is 36.6. The van der Waals surface area contributed by atoms with Crippen molar-refractivity contribution < 1.29 is 23.4 Å². The van der Waals surface area contributed by atoms with Gasteiger partial charge >= 0.3 is 5.97 Å². The maximum atomic E-state index is 13.5. The third kappa shape index (κ3) is 4.81. The van der Waals surface area contributed by atoms with Crippen LogP contribution >= 0.6 is 0 Å². The van der Waals surface area contributed by atoms with Crippen LogP contribution in [0.25, 0.3) is 16.6 Å². The van der Waals surface area contributed by atoms with E-state index in [0.717, 1.165) is 34.6 Å². The lowest BCUT2D eigenvalue weighted by atomic mass is 10.0. The van der Waals surface area contributed by atoms with Gasteiger partial charge in [0.1, 0.15) is 5.75 Å². The molecule has 0 fully saturated rings. The molecule has 0 bridgehead atoms. The fourth-order valence-corrected chi connectivity index (χ4v) is 4.15. The summed E-state index contributed by atoms with van der Waals surface area (Å²) in [5.41, 5.74) is 4.20. The number of halogens is 2. The first-order valence-electron chi connectivity index (χ1n) is 11.0. The lowest BCUT2D eigenvalue weighted by Gasteiger charge is -2.13. The van der Waals surface area contributed by atoms with Crippen molar-refractivity contribution in [1.82, 2.24) is 14.3 Å². The third-order valence-electron chi connectivity index (χ3n) is 5.99. The van der Waals surface area contributed by atoms with Gasteiger partial charge in [0.15, 0.2) is 0 Å². The Bertz CT molecular complexity index is 1330. The molecule has 2 aromatic heterocycles. The number of nitrogens with zero attached hydrogens (tertiary/aromatic N) is 3. The molecule has 178 valence electrons. The summed E-state index contributed by atoms with van der Waals surface area (Å²) in [7, 11) is 1.88. The van der Waals surface area contributed by atoms with Gasteiger partial charge in [-0.15, -0.1) is 0 Å². The molecule has 1 atom stereocenters. The highest BCUT2D eigenvalue weighted by Crippen LogP contribution is 2.29. The standard InChI is InChI=1S/C26H27F2N3O3/c1-16(15-34-21-9-10-22-18(11-25(32)33)13-30(4)24(22)12-21)23-14-31(29-17(23)2)20-7-5-19(6-8-20)26(3,27)28/h5-10,12-14,16H,11,15H2,1-4H3,(H,32,33). The zero-order valence-electron chi connectivity index (χ0n) is 19.5. The van der Waals surface area contributed by atoms with E-state index in [-0.39, 0.29) is 17.9 Å². The molecule has 0 aliphatic carbocycles. The Morgan fingerprint density at radius 1 is 1.18 bits per heavy atom. The summed E-state index contributed by atoms with van der Waals surface area (Å²) in [5.74, 6) is -3.00. The van der Waals surface area contributed by atoms with Crippen LogP contribution < -0.4 is 4.74 Å². The molecule has 0 aliphatic heterocycles. The fourth-order valence-electron chi connectivity index (χ4n) is 4.15. The van der Waals surface area contributed by atoms with Crippen molar-refractivity contribution >= 4 is 16.9 Å². The molecule has 0 saturated heterocycles. The minimum absolute atomic E-state index is 0.0263. The molecule has 0 radical (unpaired) electrons. The lowest BCUT2D eigenvalue weighted by molar-refractivity contribution is -0.136. The van der Waals surface area contributed by atoms with E-state index in [2.05, 4.69) is 5.10 Å². The second-order valence-corrected chi connectivity index (χ2v) is 8.78. The van der Waals surface area contributed by atoms with Crippen LogP contribution in [0.1, 0.15) is 42.1 Å². The second kappa shape index (κ2) is 8.93. The molecule has 2 heterocycles. The average Bonchev–Trinajstić information content (AvgIpc) is 3.31. The van der Waals surface area contributed by atoms with Crippen molar-refractivity contribution in [2.45, 2.75) is 39.0 Å². The monoisotopic (exact) mass is 467 g/mol. The fraction of sp³-hybridized carbons (Fsp3) is 0.308. The maximum absolute atomic E-state index is 13.5. The molecular formula is C26H27F2N3O3. The molecule has 34 heavy (non-hydrogen) atoms. The number of alkyl halides is 2. The molecule has 1 unspecified atom stereocenters. The molecule has 8 heteroatoms. The number of ether oxygens (including phenoxy) is 1. The topological polar surface area (TPSA) is 69.3 Å². The first-order chi connectivity index (χ1) is 16.0. The van der Waals surface area contributed by atoms with Gasteiger partial charge in [-0.3, -0.25) is 4.79 Å². The smallest absolute Gasteiger partial charge is 0.307 e. The van der Waals surface area contributed by atoms with Crippen LogP contribution in [0, 0.1) is 6.92 Å². The summed E-state index contributed by atoms with van der Waals surface area (Å²) in [6, 6.07) is 11.8. The Morgan fingerprint density at radius 2 is 1.88 bits per heavy atom. The van der Waals surface area contributed by atoms with E-state index in [0.29, 0.717) is 18.0 Å². The van der Waals surface area contributed by atoms with E-state index >= 15 is 0 Å². The maximum Gasteiger partial charge on any atom is 0.307 e. The Hall–Kier alpha value is -3.68.